The first-order chi connectivity index (χ1) is 11.3. The Labute approximate surface area is 142 Å². The summed E-state index contributed by atoms with van der Waals surface area (Å²) in [4.78, 5) is 7.55. The topological polar surface area (TPSA) is 44.7 Å². The van der Waals surface area contributed by atoms with E-state index in [0.717, 1.165) is 11.1 Å². The molecule has 0 saturated carbocycles. The summed E-state index contributed by atoms with van der Waals surface area (Å²) in [5.41, 5.74) is 5.31. The van der Waals surface area contributed by atoms with Gasteiger partial charge in [-0.15, -0.1) is 0 Å². The molecule has 1 aliphatic heterocycles. The van der Waals surface area contributed by atoms with Crippen LogP contribution in [-0.4, -0.2) is 35.4 Å². The Bertz CT molecular complexity index is 601. The van der Waals surface area contributed by atoms with Crippen LogP contribution in [0.3, 0.4) is 0 Å². The summed E-state index contributed by atoms with van der Waals surface area (Å²) in [6.07, 6.45) is 1.24. The summed E-state index contributed by atoms with van der Waals surface area (Å²) in [5.74, 6) is -0.501. The summed E-state index contributed by atoms with van der Waals surface area (Å²) >= 11 is 0. The lowest BCUT2D eigenvalue weighted by molar-refractivity contribution is -0.116. The van der Waals surface area contributed by atoms with Crippen LogP contribution in [0.5, 0.6) is 0 Å². The fourth-order valence-electron chi connectivity index (χ4n) is 3.01. The maximum atomic E-state index is 14.0. The van der Waals surface area contributed by atoms with Crippen molar-refractivity contribution in [1.29, 1.82) is 0 Å². The van der Waals surface area contributed by atoms with Gasteiger partial charge in [-0.25, -0.2) is 8.78 Å². The molecule has 0 amide bonds. The molecule has 134 valence electrons. The Morgan fingerprint density at radius 2 is 2.21 bits per heavy atom. The van der Waals surface area contributed by atoms with Crippen molar-refractivity contribution in [3.63, 3.8) is 0 Å². The maximum absolute atomic E-state index is 14.0. The van der Waals surface area contributed by atoms with E-state index in [0.29, 0.717) is 18.7 Å². The van der Waals surface area contributed by atoms with E-state index >= 15 is 0 Å². The number of β-amino-alcohol motifs (C(OH)–C–C–N with tert-alkyl or cyclic N) is 1. The summed E-state index contributed by atoms with van der Waals surface area (Å²) in [6.45, 7) is 7.21. The van der Waals surface area contributed by atoms with Crippen molar-refractivity contribution in [2.24, 2.45) is 0 Å². The lowest BCUT2D eigenvalue weighted by Gasteiger charge is -2.42. The molecule has 3 unspecified atom stereocenters. The van der Waals surface area contributed by atoms with Crippen LogP contribution in [0.25, 0.3) is 0 Å². The third-order valence-corrected chi connectivity index (χ3v) is 4.05. The molecular formula is C18H26F2N2O2. The second-order valence-corrected chi connectivity index (χ2v) is 6.62. The van der Waals surface area contributed by atoms with Crippen LogP contribution in [0, 0.1) is 12.7 Å². The molecule has 6 heteroatoms. The molecule has 1 aliphatic rings. The fourth-order valence-corrected chi connectivity index (χ4v) is 3.01. The lowest BCUT2D eigenvalue weighted by atomic mass is 9.98. The Morgan fingerprint density at radius 3 is 2.79 bits per heavy atom. The van der Waals surface area contributed by atoms with Gasteiger partial charge in [0.1, 0.15) is 18.7 Å². The van der Waals surface area contributed by atoms with E-state index in [9.17, 15) is 13.9 Å². The zero-order chi connectivity index (χ0) is 17.9. The van der Waals surface area contributed by atoms with Gasteiger partial charge in [0.05, 0.1) is 18.8 Å². The maximum Gasteiger partial charge on any atom is 0.131 e. The number of alkyl halides is 1. The number of aryl methyl sites for hydroxylation is 1. The van der Waals surface area contributed by atoms with E-state index < -0.39 is 18.6 Å². The highest BCUT2D eigenvalue weighted by molar-refractivity contribution is 5.33. The summed E-state index contributed by atoms with van der Waals surface area (Å²) in [5, 5.41) is 9.87. The SMILES string of the molecule is CC(C)=CC1NOCC(c2cc(C)c(F)c(CF)c2)N1CC(C)O. The normalized spacial score (nSPS) is 23.1. The number of halogens is 2. The smallest absolute Gasteiger partial charge is 0.131 e. The summed E-state index contributed by atoms with van der Waals surface area (Å²) in [6, 6.07) is 3.07. The number of hydrogen-bond donors (Lipinski definition) is 2. The number of nitrogens with zero attached hydrogens (tertiary/aromatic N) is 1. The highest BCUT2D eigenvalue weighted by Crippen LogP contribution is 2.30. The molecule has 0 aromatic heterocycles. The molecule has 24 heavy (non-hydrogen) atoms. The van der Waals surface area contributed by atoms with Gasteiger partial charge in [0.2, 0.25) is 0 Å². The highest BCUT2D eigenvalue weighted by atomic mass is 19.1. The first-order valence-corrected chi connectivity index (χ1v) is 8.14. The van der Waals surface area contributed by atoms with Crippen LogP contribution in [0.4, 0.5) is 8.78 Å². The first kappa shape index (κ1) is 19.0. The van der Waals surface area contributed by atoms with Gasteiger partial charge < -0.3 is 5.11 Å². The van der Waals surface area contributed by atoms with Crippen molar-refractivity contribution in [3.05, 3.63) is 46.3 Å². The zero-order valence-corrected chi connectivity index (χ0v) is 14.6. The quantitative estimate of drug-likeness (QED) is 0.808. The van der Waals surface area contributed by atoms with E-state index in [4.69, 9.17) is 4.84 Å². The van der Waals surface area contributed by atoms with Crippen LogP contribution in [0.15, 0.2) is 23.8 Å². The van der Waals surface area contributed by atoms with Crippen molar-refractivity contribution in [2.45, 2.75) is 52.7 Å². The number of nitrogens with one attached hydrogen (secondary N) is 1. The average molecular weight is 340 g/mol. The fraction of sp³-hybridized carbons (Fsp3) is 0.556. The van der Waals surface area contributed by atoms with Gasteiger partial charge in [0.25, 0.3) is 0 Å². The second-order valence-electron chi connectivity index (χ2n) is 6.62. The Kier molecular flexibility index (Phi) is 6.46. The average Bonchev–Trinajstić information content (AvgIpc) is 2.50. The lowest BCUT2D eigenvalue weighted by Crippen LogP contribution is -2.54. The minimum absolute atomic E-state index is 0.0549. The standard InChI is InChI=1S/C18H26F2N2O2/c1-11(2)5-17-21-24-10-16(22(17)9-13(4)23)14-6-12(3)18(20)15(7-14)8-19/h5-7,13,16-17,21,23H,8-10H2,1-4H3. The third kappa shape index (κ3) is 4.39. The molecule has 3 atom stereocenters. The Hall–Kier alpha value is -1.34. The van der Waals surface area contributed by atoms with E-state index in [-0.39, 0.29) is 17.8 Å². The largest absolute Gasteiger partial charge is 0.392 e. The first-order valence-electron chi connectivity index (χ1n) is 8.14. The molecule has 0 aliphatic carbocycles. The third-order valence-electron chi connectivity index (χ3n) is 4.05. The van der Waals surface area contributed by atoms with Gasteiger partial charge in [0, 0.05) is 12.1 Å². The summed E-state index contributed by atoms with van der Waals surface area (Å²) < 4.78 is 27.1. The Morgan fingerprint density at radius 1 is 1.50 bits per heavy atom. The van der Waals surface area contributed by atoms with Crippen molar-refractivity contribution in [1.82, 2.24) is 10.4 Å². The van der Waals surface area contributed by atoms with Gasteiger partial charge in [-0.1, -0.05) is 17.7 Å². The minimum Gasteiger partial charge on any atom is -0.392 e. The van der Waals surface area contributed by atoms with E-state index in [2.05, 4.69) is 10.4 Å². The number of hydroxylamine groups is 1. The highest BCUT2D eigenvalue weighted by Gasteiger charge is 2.32. The number of aliphatic hydroxyl groups is 1. The van der Waals surface area contributed by atoms with Crippen LogP contribution in [0.1, 0.15) is 43.5 Å². The van der Waals surface area contributed by atoms with Crippen molar-refractivity contribution >= 4 is 0 Å². The Balaban J connectivity index is 2.41. The van der Waals surface area contributed by atoms with Gasteiger partial charge in [0.15, 0.2) is 0 Å². The van der Waals surface area contributed by atoms with Crippen LogP contribution >= 0.6 is 0 Å². The number of rotatable bonds is 5. The molecular weight excluding hydrogens is 314 g/mol. The molecule has 2 rings (SSSR count). The van der Waals surface area contributed by atoms with Gasteiger partial charge in [-0.2, -0.15) is 5.48 Å². The minimum atomic E-state index is -0.847. The molecule has 2 N–H and O–H groups in total. The van der Waals surface area contributed by atoms with Crippen molar-refractivity contribution in [3.8, 4) is 0 Å². The van der Waals surface area contributed by atoms with Crippen LogP contribution < -0.4 is 5.48 Å². The van der Waals surface area contributed by atoms with Crippen molar-refractivity contribution < 1.29 is 18.7 Å². The molecule has 1 aromatic rings. The number of benzene rings is 1. The summed E-state index contributed by atoms with van der Waals surface area (Å²) in [7, 11) is 0. The number of aliphatic hydroxyl groups excluding tert-OH is 1. The van der Waals surface area contributed by atoms with Crippen molar-refractivity contribution in [2.75, 3.05) is 13.2 Å². The molecule has 1 fully saturated rings. The zero-order valence-electron chi connectivity index (χ0n) is 14.6. The molecule has 1 aromatic carbocycles. The monoisotopic (exact) mass is 340 g/mol. The van der Waals surface area contributed by atoms with E-state index in [1.165, 1.54) is 0 Å². The van der Waals surface area contributed by atoms with E-state index in [1.807, 2.05) is 19.9 Å². The van der Waals surface area contributed by atoms with E-state index in [1.54, 1.807) is 26.0 Å². The predicted molar refractivity (Wildman–Crippen MR) is 89.4 cm³/mol. The number of allylic oxidation sites excluding steroid dienone is 1. The van der Waals surface area contributed by atoms with Gasteiger partial charge in [-0.3, -0.25) is 9.74 Å². The van der Waals surface area contributed by atoms with Gasteiger partial charge >= 0.3 is 0 Å². The second kappa shape index (κ2) is 8.16. The molecule has 1 saturated heterocycles. The van der Waals surface area contributed by atoms with Gasteiger partial charge in [-0.05, 0) is 44.9 Å². The molecule has 1 heterocycles. The molecule has 0 spiro atoms. The van der Waals surface area contributed by atoms with Crippen LogP contribution in [-0.2, 0) is 11.5 Å². The molecule has 4 nitrogen and oxygen atoms in total. The number of hydrogen-bond acceptors (Lipinski definition) is 4. The molecule has 0 radical (unpaired) electrons. The molecule has 0 bridgehead atoms. The van der Waals surface area contributed by atoms with Crippen LogP contribution in [0.2, 0.25) is 0 Å². The predicted octanol–water partition coefficient (Wildman–Crippen LogP) is 3.15.